The molecular formula is C19H23FN4O3. The molecule has 1 saturated carbocycles. The van der Waals surface area contributed by atoms with Crippen LogP contribution >= 0.6 is 0 Å². The van der Waals surface area contributed by atoms with Gasteiger partial charge in [0.05, 0.1) is 19.5 Å². The molecule has 2 amide bonds. The van der Waals surface area contributed by atoms with Crippen molar-refractivity contribution in [3.63, 3.8) is 0 Å². The van der Waals surface area contributed by atoms with Crippen LogP contribution in [0.5, 0.6) is 11.8 Å². The van der Waals surface area contributed by atoms with Gasteiger partial charge in [0.2, 0.25) is 11.8 Å². The Labute approximate surface area is 157 Å². The van der Waals surface area contributed by atoms with Crippen LogP contribution < -0.4 is 20.1 Å². The largest absolute Gasteiger partial charge is 0.480 e. The van der Waals surface area contributed by atoms with Gasteiger partial charge in [0.1, 0.15) is 11.9 Å². The van der Waals surface area contributed by atoms with Gasteiger partial charge in [0.25, 0.3) is 0 Å². The molecule has 1 fully saturated rings. The fraction of sp³-hybridized carbons (Fsp3) is 0.421. The minimum atomic E-state index is -0.290. The molecular weight excluding hydrogens is 351 g/mol. The SMILES string of the molecule is COc1cncc(OC2CCC(NC(=O)NCc3ccc(F)cc3)CC2)n1. The number of hydrogen-bond acceptors (Lipinski definition) is 5. The molecule has 2 N–H and O–H groups in total. The van der Waals surface area contributed by atoms with E-state index in [9.17, 15) is 9.18 Å². The Morgan fingerprint density at radius 1 is 1.15 bits per heavy atom. The number of carbonyl (C=O) groups is 1. The molecule has 0 aliphatic heterocycles. The van der Waals surface area contributed by atoms with Crippen LogP contribution in [-0.2, 0) is 6.54 Å². The van der Waals surface area contributed by atoms with Crippen LogP contribution in [0.2, 0.25) is 0 Å². The number of urea groups is 1. The first-order chi connectivity index (χ1) is 13.1. The van der Waals surface area contributed by atoms with Crippen molar-refractivity contribution in [1.29, 1.82) is 0 Å². The zero-order valence-electron chi connectivity index (χ0n) is 15.2. The standard InChI is InChI=1S/C19H23FN4O3/c1-26-17-11-21-12-18(24-17)27-16-8-6-15(7-9-16)23-19(25)22-10-13-2-4-14(20)5-3-13/h2-5,11-12,15-16H,6-10H2,1H3,(H2,22,23,25). The second kappa shape index (κ2) is 9.16. The lowest BCUT2D eigenvalue weighted by Gasteiger charge is -2.29. The average molecular weight is 374 g/mol. The fourth-order valence-electron chi connectivity index (χ4n) is 3.00. The summed E-state index contributed by atoms with van der Waals surface area (Å²) in [7, 11) is 1.53. The molecule has 0 bridgehead atoms. The first-order valence-corrected chi connectivity index (χ1v) is 8.94. The summed E-state index contributed by atoms with van der Waals surface area (Å²) in [5, 5.41) is 5.77. The Hall–Kier alpha value is -2.90. The molecule has 2 aromatic rings. The Kier molecular flexibility index (Phi) is 6.40. The van der Waals surface area contributed by atoms with Crippen molar-refractivity contribution in [2.75, 3.05) is 7.11 Å². The van der Waals surface area contributed by atoms with Gasteiger partial charge in [-0.2, -0.15) is 4.98 Å². The number of nitrogens with zero attached hydrogens (tertiary/aromatic N) is 2. The molecule has 3 rings (SSSR count). The molecule has 1 aromatic carbocycles. The van der Waals surface area contributed by atoms with Crippen LogP contribution in [0.3, 0.4) is 0 Å². The molecule has 1 aliphatic carbocycles. The van der Waals surface area contributed by atoms with Crippen molar-refractivity contribution in [3.05, 3.63) is 48.0 Å². The minimum Gasteiger partial charge on any atom is -0.480 e. The summed E-state index contributed by atoms with van der Waals surface area (Å²) >= 11 is 0. The van der Waals surface area contributed by atoms with Crippen LogP contribution in [0.15, 0.2) is 36.7 Å². The molecule has 1 aliphatic rings. The number of methoxy groups -OCH3 is 1. The van der Waals surface area contributed by atoms with E-state index in [1.165, 1.54) is 25.4 Å². The van der Waals surface area contributed by atoms with Gasteiger partial charge in [-0.3, -0.25) is 4.98 Å². The molecule has 1 heterocycles. The van der Waals surface area contributed by atoms with E-state index in [2.05, 4.69) is 20.6 Å². The highest BCUT2D eigenvalue weighted by atomic mass is 19.1. The van der Waals surface area contributed by atoms with Gasteiger partial charge in [0.15, 0.2) is 0 Å². The number of aromatic nitrogens is 2. The number of halogens is 1. The Bertz CT molecular complexity index is 749. The summed E-state index contributed by atoms with van der Waals surface area (Å²) in [6.45, 7) is 0.360. The molecule has 7 nitrogen and oxygen atoms in total. The normalized spacial score (nSPS) is 19.2. The third-order valence-electron chi connectivity index (χ3n) is 4.46. The van der Waals surface area contributed by atoms with Crippen molar-refractivity contribution in [2.24, 2.45) is 0 Å². The van der Waals surface area contributed by atoms with E-state index in [0.717, 1.165) is 31.2 Å². The fourth-order valence-corrected chi connectivity index (χ4v) is 3.00. The number of rotatable bonds is 6. The maximum Gasteiger partial charge on any atom is 0.315 e. The molecule has 0 unspecified atom stereocenters. The molecule has 0 atom stereocenters. The smallest absolute Gasteiger partial charge is 0.315 e. The van der Waals surface area contributed by atoms with E-state index in [1.54, 1.807) is 18.3 Å². The summed E-state index contributed by atoms with van der Waals surface area (Å²) in [5.74, 6) is 0.575. The van der Waals surface area contributed by atoms with Crippen molar-refractivity contribution < 1.29 is 18.7 Å². The molecule has 8 heteroatoms. The molecule has 27 heavy (non-hydrogen) atoms. The van der Waals surface area contributed by atoms with E-state index < -0.39 is 0 Å². The monoisotopic (exact) mass is 374 g/mol. The summed E-state index contributed by atoms with van der Waals surface area (Å²) in [5.41, 5.74) is 0.850. The maximum atomic E-state index is 12.9. The van der Waals surface area contributed by atoms with Crippen LogP contribution in [0, 0.1) is 5.82 Å². The van der Waals surface area contributed by atoms with Crippen molar-refractivity contribution in [1.82, 2.24) is 20.6 Å². The van der Waals surface area contributed by atoms with Gasteiger partial charge >= 0.3 is 6.03 Å². The van der Waals surface area contributed by atoms with E-state index in [-0.39, 0.29) is 24.0 Å². The topological polar surface area (TPSA) is 85.4 Å². The second-order valence-electron chi connectivity index (χ2n) is 6.44. The van der Waals surface area contributed by atoms with Crippen LogP contribution in [0.1, 0.15) is 31.2 Å². The summed E-state index contributed by atoms with van der Waals surface area (Å²) < 4.78 is 23.8. The van der Waals surface area contributed by atoms with Gasteiger partial charge < -0.3 is 20.1 Å². The van der Waals surface area contributed by atoms with E-state index in [1.807, 2.05) is 0 Å². The molecule has 0 spiro atoms. The zero-order valence-corrected chi connectivity index (χ0v) is 15.2. The predicted molar refractivity (Wildman–Crippen MR) is 97.0 cm³/mol. The lowest BCUT2D eigenvalue weighted by molar-refractivity contribution is 0.133. The molecule has 0 radical (unpaired) electrons. The lowest BCUT2D eigenvalue weighted by atomic mass is 9.93. The van der Waals surface area contributed by atoms with Crippen LogP contribution in [0.4, 0.5) is 9.18 Å². The number of amides is 2. The van der Waals surface area contributed by atoms with Crippen molar-refractivity contribution in [2.45, 2.75) is 44.4 Å². The third kappa shape index (κ3) is 5.80. The highest BCUT2D eigenvalue weighted by Crippen LogP contribution is 2.23. The summed E-state index contributed by atoms with van der Waals surface area (Å²) in [4.78, 5) is 20.3. The maximum absolute atomic E-state index is 12.9. The predicted octanol–water partition coefficient (Wildman–Crippen LogP) is 2.81. The van der Waals surface area contributed by atoms with Gasteiger partial charge in [-0.15, -0.1) is 0 Å². The lowest BCUT2D eigenvalue weighted by Crippen LogP contribution is -2.44. The van der Waals surface area contributed by atoms with E-state index in [4.69, 9.17) is 9.47 Å². The summed E-state index contributed by atoms with van der Waals surface area (Å²) in [6.07, 6.45) is 6.43. The van der Waals surface area contributed by atoms with Gasteiger partial charge in [0, 0.05) is 12.6 Å². The summed E-state index contributed by atoms with van der Waals surface area (Å²) in [6, 6.07) is 5.95. The van der Waals surface area contributed by atoms with Gasteiger partial charge in [-0.1, -0.05) is 12.1 Å². The number of ether oxygens (including phenoxy) is 2. The van der Waals surface area contributed by atoms with Crippen molar-refractivity contribution in [3.8, 4) is 11.8 Å². The second-order valence-corrected chi connectivity index (χ2v) is 6.44. The average Bonchev–Trinajstić information content (AvgIpc) is 2.69. The van der Waals surface area contributed by atoms with Crippen LogP contribution in [0.25, 0.3) is 0 Å². The molecule has 0 saturated heterocycles. The highest BCUT2D eigenvalue weighted by Gasteiger charge is 2.24. The Balaban J connectivity index is 1.38. The number of hydrogen-bond donors (Lipinski definition) is 2. The Morgan fingerprint density at radius 3 is 2.56 bits per heavy atom. The molecule has 144 valence electrons. The van der Waals surface area contributed by atoms with Gasteiger partial charge in [-0.25, -0.2) is 9.18 Å². The van der Waals surface area contributed by atoms with Crippen molar-refractivity contribution >= 4 is 6.03 Å². The third-order valence-corrected chi connectivity index (χ3v) is 4.46. The van der Waals surface area contributed by atoms with Gasteiger partial charge in [-0.05, 0) is 43.4 Å². The highest BCUT2D eigenvalue weighted by molar-refractivity contribution is 5.74. The van der Waals surface area contributed by atoms with E-state index >= 15 is 0 Å². The number of nitrogens with one attached hydrogen (secondary N) is 2. The number of benzene rings is 1. The minimum absolute atomic E-state index is 0.0479. The zero-order chi connectivity index (χ0) is 19.1. The first kappa shape index (κ1) is 18.9. The van der Waals surface area contributed by atoms with Crippen LogP contribution in [-0.4, -0.2) is 35.3 Å². The first-order valence-electron chi connectivity index (χ1n) is 8.94. The molecule has 1 aromatic heterocycles. The Morgan fingerprint density at radius 2 is 1.85 bits per heavy atom. The van der Waals surface area contributed by atoms with E-state index in [0.29, 0.717) is 18.3 Å². The quantitative estimate of drug-likeness (QED) is 0.812. The number of carbonyl (C=O) groups excluding carboxylic acids is 1.